The van der Waals surface area contributed by atoms with E-state index >= 15 is 0 Å². The third kappa shape index (κ3) is 2.77. The SMILES string of the molecule is COc1ccc(-c2c(C)nn3c2NC(=O)[C@H](CC(=O)O)C3)cc1. The molecule has 2 heterocycles. The predicted octanol–water partition coefficient (Wildman–Crippen LogP) is 1.91. The van der Waals surface area contributed by atoms with Crippen LogP contribution in [0.2, 0.25) is 0 Å². The maximum Gasteiger partial charge on any atom is 0.304 e. The highest BCUT2D eigenvalue weighted by atomic mass is 16.5. The lowest BCUT2D eigenvalue weighted by Gasteiger charge is -2.23. The number of methoxy groups -OCH3 is 1. The number of nitrogens with zero attached hydrogens (tertiary/aromatic N) is 2. The quantitative estimate of drug-likeness (QED) is 0.899. The highest BCUT2D eigenvalue weighted by Crippen LogP contribution is 2.35. The van der Waals surface area contributed by atoms with Gasteiger partial charge in [0, 0.05) is 5.56 Å². The summed E-state index contributed by atoms with van der Waals surface area (Å²) in [6.45, 7) is 2.13. The van der Waals surface area contributed by atoms with Gasteiger partial charge in [-0.1, -0.05) is 12.1 Å². The Hall–Kier alpha value is -2.83. The van der Waals surface area contributed by atoms with Crippen LogP contribution in [0, 0.1) is 12.8 Å². The van der Waals surface area contributed by atoms with Crippen LogP contribution in [0.5, 0.6) is 5.75 Å². The monoisotopic (exact) mass is 315 g/mol. The van der Waals surface area contributed by atoms with Crippen molar-refractivity contribution in [3.63, 3.8) is 0 Å². The number of carboxylic acids is 1. The van der Waals surface area contributed by atoms with Gasteiger partial charge in [-0.05, 0) is 24.6 Å². The molecule has 2 N–H and O–H groups in total. The van der Waals surface area contributed by atoms with E-state index in [1.54, 1.807) is 11.8 Å². The lowest BCUT2D eigenvalue weighted by molar-refractivity contribution is -0.140. The van der Waals surface area contributed by atoms with E-state index in [1.165, 1.54) is 0 Å². The summed E-state index contributed by atoms with van der Waals surface area (Å²) in [6, 6.07) is 7.49. The minimum atomic E-state index is -0.993. The van der Waals surface area contributed by atoms with E-state index in [-0.39, 0.29) is 18.9 Å². The number of aliphatic carboxylic acids is 1. The number of fused-ring (bicyclic) bond motifs is 1. The first kappa shape index (κ1) is 15.1. The Morgan fingerprint density at radius 3 is 2.74 bits per heavy atom. The Bertz CT molecular complexity index is 764. The zero-order valence-corrected chi connectivity index (χ0v) is 12.9. The molecule has 0 fully saturated rings. The highest BCUT2D eigenvalue weighted by Gasteiger charge is 2.31. The van der Waals surface area contributed by atoms with Crippen molar-refractivity contribution in [1.29, 1.82) is 0 Å². The molecule has 120 valence electrons. The molecular formula is C16H17N3O4. The third-order valence-corrected chi connectivity index (χ3v) is 3.93. The molecule has 0 saturated carbocycles. The minimum Gasteiger partial charge on any atom is -0.497 e. The summed E-state index contributed by atoms with van der Waals surface area (Å²) < 4.78 is 6.82. The third-order valence-electron chi connectivity index (χ3n) is 3.93. The number of carbonyl (C=O) groups excluding carboxylic acids is 1. The fraction of sp³-hybridized carbons (Fsp3) is 0.312. The molecule has 2 aromatic rings. The van der Waals surface area contributed by atoms with Crippen molar-refractivity contribution in [3.8, 4) is 16.9 Å². The number of aromatic nitrogens is 2. The van der Waals surface area contributed by atoms with Crippen molar-refractivity contribution < 1.29 is 19.4 Å². The second-order valence-corrected chi connectivity index (χ2v) is 5.50. The average molecular weight is 315 g/mol. The summed E-state index contributed by atoms with van der Waals surface area (Å²) in [5.74, 6) is -0.525. The van der Waals surface area contributed by atoms with Gasteiger partial charge in [0.15, 0.2) is 0 Å². The Kier molecular flexibility index (Phi) is 3.77. The van der Waals surface area contributed by atoms with Gasteiger partial charge in [-0.25, -0.2) is 4.68 Å². The number of anilines is 1. The normalized spacial score (nSPS) is 16.6. The van der Waals surface area contributed by atoms with Gasteiger partial charge in [-0.2, -0.15) is 5.10 Å². The van der Waals surface area contributed by atoms with Crippen molar-refractivity contribution >= 4 is 17.7 Å². The number of benzene rings is 1. The molecule has 0 spiro atoms. The summed E-state index contributed by atoms with van der Waals surface area (Å²) >= 11 is 0. The molecule has 1 aromatic heterocycles. The number of carboxylic acid groups (broad SMARTS) is 1. The van der Waals surface area contributed by atoms with Crippen LogP contribution < -0.4 is 10.1 Å². The van der Waals surface area contributed by atoms with Crippen LogP contribution in [0.3, 0.4) is 0 Å². The maximum atomic E-state index is 12.2. The fourth-order valence-corrected chi connectivity index (χ4v) is 2.82. The van der Waals surface area contributed by atoms with Crippen molar-refractivity contribution in [2.24, 2.45) is 5.92 Å². The van der Waals surface area contributed by atoms with Crippen LogP contribution in [0.25, 0.3) is 11.1 Å². The van der Waals surface area contributed by atoms with Crippen molar-refractivity contribution in [2.45, 2.75) is 19.9 Å². The number of carbonyl (C=O) groups is 2. The largest absolute Gasteiger partial charge is 0.497 e. The first-order valence-corrected chi connectivity index (χ1v) is 7.24. The van der Waals surface area contributed by atoms with Gasteiger partial charge in [-0.15, -0.1) is 0 Å². The highest BCUT2D eigenvalue weighted by molar-refractivity contribution is 5.98. The topological polar surface area (TPSA) is 93.5 Å². The molecule has 0 radical (unpaired) electrons. The number of ether oxygens (including phenoxy) is 1. The number of hydrogen-bond donors (Lipinski definition) is 2. The van der Waals surface area contributed by atoms with Gasteiger partial charge in [0.05, 0.1) is 31.7 Å². The Labute approximate surface area is 132 Å². The first-order valence-electron chi connectivity index (χ1n) is 7.24. The molecule has 0 unspecified atom stereocenters. The van der Waals surface area contributed by atoms with Crippen LogP contribution in [0.1, 0.15) is 12.1 Å². The molecule has 7 heteroatoms. The standard InChI is InChI=1S/C16H17N3O4/c1-9-14(10-3-5-12(23-2)6-4-10)15-17-16(22)11(7-13(20)21)8-19(15)18-9/h3-6,11H,7-8H2,1-2H3,(H,17,22)(H,20,21)/t11-/m1/s1. The van der Waals surface area contributed by atoms with Gasteiger partial charge in [0.1, 0.15) is 11.6 Å². The molecule has 1 aromatic carbocycles. The minimum absolute atomic E-state index is 0.206. The van der Waals surface area contributed by atoms with Crippen LogP contribution >= 0.6 is 0 Å². The van der Waals surface area contributed by atoms with Gasteiger partial charge in [0.25, 0.3) is 0 Å². The van der Waals surface area contributed by atoms with Gasteiger partial charge in [-0.3, -0.25) is 9.59 Å². The van der Waals surface area contributed by atoms with Gasteiger partial charge in [0.2, 0.25) is 5.91 Å². The molecule has 1 aliphatic heterocycles. The van der Waals surface area contributed by atoms with E-state index in [1.807, 2.05) is 31.2 Å². The number of hydrogen-bond acceptors (Lipinski definition) is 4. The molecule has 1 aliphatic rings. The van der Waals surface area contributed by atoms with Crippen LogP contribution in [-0.2, 0) is 16.1 Å². The second-order valence-electron chi connectivity index (χ2n) is 5.50. The molecule has 7 nitrogen and oxygen atoms in total. The first-order chi connectivity index (χ1) is 11.0. The summed E-state index contributed by atoms with van der Waals surface area (Å²) in [5, 5.41) is 16.1. The number of rotatable bonds is 4. The predicted molar refractivity (Wildman–Crippen MR) is 83.3 cm³/mol. The van der Waals surface area contributed by atoms with Crippen molar-refractivity contribution in [1.82, 2.24) is 9.78 Å². The number of aryl methyl sites for hydroxylation is 1. The second kappa shape index (κ2) is 5.75. The van der Waals surface area contributed by atoms with Crippen LogP contribution in [0.4, 0.5) is 5.82 Å². The van der Waals surface area contributed by atoms with E-state index in [9.17, 15) is 9.59 Å². The lowest BCUT2D eigenvalue weighted by Crippen LogP contribution is -2.35. The van der Waals surface area contributed by atoms with E-state index in [0.717, 1.165) is 22.6 Å². The summed E-state index contributed by atoms with van der Waals surface area (Å²) in [4.78, 5) is 23.0. The number of amides is 1. The molecular weight excluding hydrogens is 298 g/mol. The average Bonchev–Trinajstić information content (AvgIpc) is 2.82. The van der Waals surface area contributed by atoms with Gasteiger partial charge < -0.3 is 15.2 Å². The molecule has 3 rings (SSSR count). The van der Waals surface area contributed by atoms with Crippen molar-refractivity contribution in [3.05, 3.63) is 30.0 Å². The molecule has 1 amide bonds. The van der Waals surface area contributed by atoms with E-state index in [4.69, 9.17) is 9.84 Å². The molecule has 0 bridgehead atoms. The molecule has 0 aliphatic carbocycles. The van der Waals surface area contributed by atoms with Crippen LogP contribution in [0.15, 0.2) is 24.3 Å². The van der Waals surface area contributed by atoms with E-state index < -0.39 is 11.9 Å². The van der Waals surface area contributed by atoms with Crippen LogP contribution in [-0.4, -0.2) is 33.9 Å². The maximum absolute atomic E-state index is 12.2. The van der Waals surface area contributed by atoms with Crippen molar-refractivity contribution in [2.75, 3.05) is 12.4 Å². The molecule has 23 heavy (non-hydrogen) atoms. The molecule has 1 atom stereocenters. The molecule has 0 saturated heterocycles. The zero-order chi connectivity index (χ0) is 16.6. The van der Waals surface area contributed by atoms with Gasteiger partial charge >= 0.3 is 5.97 Å². The smallest absolute Gasteiger partial charge is 0.304 e. The zero-order valence-electron chi connectivity index (χ0n) is 12.9. The Morgan fingerprint density at radius 2 is 2.13 bits per heavy atom. The summed E-state index contributed by atoms with van der Waals surface area (Å²) in [7, 11) is 1.60. The summed E-state index contributed by atoms with van der Waals surface area (Å²) in [5.41, 5.74) is 2.54. The van der Waals surface area contributed by atoms with E-state index in [2.05, 4.69) is 10.4 Å². The Balaban J connectivity index is 1.97. The Morgan fingerprint density at radius 1 is 1.43 bits per heavy atom. The summed E-state index contributed by atoms with van der Waals surface area (Å²) in [6.07, 6.45) is -0.206. The lowest BCUT2D eigenvalue weighted by atomic mass is 10.0. The van der Waals surface area contributed by atoms with E-state index in [0.29, 0.717) is 5.82 Å². The fourth-order valence-electron chi connectivity index (χ4n) is 2.82. The number of nitrogens with one attached hydrogen (secondary N) is 1.